The molecule has 23 heavy (non-hydrogen) atoms. The van der Waals surface area contributed by atoms with Crippen molar-refractivity contribution in [1.29, 1.82) is 0 Å². The van der Waals surface area contributed by atoms with Gasteiger partial charge in [0.1, 0.15) is 5.75 Å². The molecule has 1 aromatic carbocycles. The summed E-state index contributed by atoms with van der Waals surface area (Å²) < 4.78 is 5.69. The first kappa shape index (κ1) is 17.8. The molecule has 4 nitrogen and oxygen atoms in total. The number of hydrogen-bond acceptors (Lipinski definition) is 3. The quantitative estimate of drug-likeness (QED) is 0.716. The average molecular weight is 318 g/mol. The largest absolute Gasteiger partial charge is 0.494 e. The van der Waals surface area contributed by atoms with Crippen molar-refractivity contribution in [1.82, 2.24) is 5.32 Å². The van der Waals surface area contributed by atoms with E-state index in [1.54, 1.807) is 0 Å². The second-order valence-electron chi connectivity index (χ2n) is 6.55. The molecule has 1 aromatic rings. The predicted octanol–water partition coefficient (Wildman–Crippen LogP) is 3.83. The summed E-state index contributed by atoms with van der Waals surface area (Å²) >= 11 is 0. The third-order valence-electron chi connectivity index (χ3n) is 4.58. The van der Waals surface area contributed by atoms with Crippen LogP contribution >= 0.6 is 0 Å². The number of benzene rings is 1. The molecule has 1 fully saturated rings. The maximum absolute atomic E-state index is 12.3. The van der Waals surface area contributed by atoms with E-state index in [1.165, 1.54) is 12.8 Å². The molecular formula is C19H30N2O2. The fourth-order valence-electron chi connectivity index (χ4n) is 3.08. The van der Waals surface area contributed by atoms with Crippen molar-refractivity contribution in [3.63, 3.8) is 0 Å². The number of carbonyl (C=O) groups excluding carboxylic acids is 1. The number of carbonyl (C=O) groups is 1. The van der Waals surface area contributed by atoms with Crippen molar-refractivity contribution < 1.29 is 9.53 Å². The Morgan fingerprint density at radius 2 is 2.17 bits per heavy atom. The Bertz CT molecular complexity index is 484. The third kappa shape index (κ3) is 6.22. The highest BCUT2D eigenvalue weighted by Crippen LogP contribution is 2.25. The number of piperidine rings is 1. The summed E-state index contributed by atoms with van der Waals surface area (Å²) in [6.07, 6.45) is 5.10. The normalized spacial score (nSPS) is 16.8. The first-order valence-corrected chi connectivity index (χ1v) is 8.92. The van der Waals surface area contributed by atoms with Crippen LogP contribution in [0.1, 0.15) is 46.0 Å². The molecule has 0 spiro atoms. The van der Waals surface area contributed by atoms with Gasteiger partial charge in [-0.05, 0) is 56.3 Å². The van der Waals surface area contributed by atoms with Gasteiger partial charge in [0.2, 0.25) is 5.91 Å². The van der Waals surface area contributed by atoms with Gasteiger partial charge in [0, 0.05) is 18.2 Å². The highest BCUT2D eigenvalue weighted by molar-refractivity contribution is 5.91. The molecule has 0 radical (unpaired) electrons. The van der Waals surface area contributed by atoms with Gasteiger partial charge < -0.3 is 15.4 Å². The standard InChI is InChI=1S/C19H30N2O2/c1-3-4-12-23-18-7-5-6-17(14-18)21-19(22)13-15(2)16-8-10-20-11-9-16/h5-7,14-16,20H,3-4,8-13H2,1-2H3,(H,21,22). The number of nitrogens with one attached hydrogen (secondary N) is 2. The molecule has 1 aliphatic heterocycles. The highest BCUT2D eigenvalue weighted by Gasteiger charge is 2.22. The minimum absolute atomic E-state index is 0.0988. The third-order valence-corrected chi connectivity index (χ3v) is 4.58. The minimum Gasteiger partial charge on any atom is -0.494 e. The van der Waals surface area contributed by atoms with Crippen LogP contribution in [0.25, 0.3) is 0 Å². The van der Waals surface area contributed by atoms with Crippen LogP contribution in [-0.2, 0) is 4.79 Å². The van der Waals surface area contributed by atoms with Crippen LogP contribution in [0.4, 0.5) is 5.69 Å². The molecule has 1 amide bonds. The van der Waals surface area contributed by atoms with Gasteiger partial charge in [0.15, 0.2) is 0 Å². The number of rotatable bonds is 8. The molecule has 4 heteroatoms. The van der Waals surface area contributed by atoms with Crippen LogP contribution in [0.2, 0.25) is 0 Å². The van der Waals surface area contributed by atoms with Crippen molar-refractivity contribution in [2.75, 3.05) is 25.0 Å². The first-order valence-electron chi connectivity index (χ1n) is 8.92. The van der Waals surface area contributed by atoms with Crippen LogP contribution in [0.15, 0.2) is 24.3 Å². The van der Waals surface area contributed by atoms with E-state index in [-0.39, 0.29) is 5.91 Å². The summed E-state index contributed by atoms with van der Waals surface area (Å²) in [5, 5.41) is 6.38. The van der Waals surface area contributed by atoms with Gasteiger partial charge in [0.05, 0.1) is 6.61 Å². The average Bonchev–Trinajstić information content (AvgIpc) is 2.56. The number of amides is 1. The van der Waals surface area contributed by atoms with E-state index >= 15 is 0 Å². The van der Waals surface area contributed by atoms with E-state index in [0.717, 1.165) is 44.0 Å². The second-order valence-corrected chi connectivity index (χ2v) is 6.55. The van der Waals surface area contributed by atoms with Gasteiger partial charge in [-0.2, -0.15) is 0 Å². The summed E-state index contributed by atoms with van der Waals surface area (Å²) in [5.41, 5.74) is 0.821. The molecule has 1 saturated heterocycles. The zero-order valence-electron chi connectivity index (χ0n) is 14.4. The van der Waals surface area contributed by atoms with Gasteiger partial charge in [-0.15, -0.1) is 0 Å². The second kappa shape index (κ2) is 9.56. The van der Waals surface area contributed by atoms with Gasteiger partial charge in [-0.25, -0.2) is 0 Å². The molecular weight excluding hydrogens is 288 g/mol. The van der Waals surface area contributed by atoms with Crippen LogP contribution in [0.5, 0.6) is 5.75 Å². The zero-order valence-corrected chi connectivity index (χ0v) is 14.4. The number of ether oxygens (including phenoxy) is 1. The Morgan fingerprint density at radius 3 is 2.91 bits per heavy atom. The Balaban J connectivity index is 1.80. The van der Waals surface area contributed by atoms with Crippen LogP contribution in [-0.4, -0.2) is 25.6 Å². The van der Waals surface area contributed by atoms with Gasteiger partial charge in [0.25, 0.3) is 0 Å². The molecule has 2 N–H and O–H groups in total. The summed E-state index contributed by atoms with van der Waals surface area (Å²) in [6, 6.07) is 7.68. The Hall–Kier alpha value is -1.55. The van der Waals surface area contributed by atoms with E-state index in [2.05, 4.69) is 24.5 Å². The van der Waals surface area contributed by atoms with Crippen molar-refractivity contribution >= 4 is 11.6 Å². The maximum Gasteiger partial charge on any atom is 0.224 e. The first-order chi connectivity index (χ1) is 11.2. The lowest BCUT2D eigenvalue weighted by Crippen LogP contribution is -2.32. The van der Waals surface area contributed by atoms with Gasteiger partial charge in [-0.3, -0.25) is 4.79 Å². The molecule has 1 aliphatic rings. The van der Waals surface area contributed by atoms with Crippen LogP contribution < -0.4 is 15.4 Å². The molecule has 1 heterocycles. The van der Waals surface area contributed by atoms with E-state index < -0.39 is 0 Å². The lowest BCUT2D eigenvalue weighted by Gasteiger charge is -2.27. The van der Waals surface area contributed by atoms with Crippen LogP contribution in [0.3, 0.4) is 0 Å². The highest BCUT2D eigenvalue weighted by atomic mass is 16.5. The topological polar surface area (TPSA) is 50.4 Å². The van der Waals surface area contributed by atoms with E-state index in [9.17, 15) is 4.79 Å². The Kier molecular flexibility index (Phi) is 7.40. The summed E-state index contributed by atoms with van der Waals surface area (Å²) in [7, 11) is 0. The van der Waals surface area contributed by atoms with Crippen molar-refractivity contribution in [2.24, 2.45) is 11.8 Å². The molecule has 0 aromatic heterocycles. The number of unbranched alkanes of at least 4 members (excludes halogenated alkanes) is 1. The number of hydrogen-bond donors (Lipinski definition) is 2. The lowest BCUT2D eigenvalue weighted by atomic mass is 9.84. The van der Waals surface area contributed by atoms with Crippen molar-refractivity contribution in [3.8, 4) is 5.75 Å². The molecule has 1 atom stereocenters. The molecule has 0 bridgehead atoms. The fourth-order valence-corrected chi connectivity index (χ4v) is 3.08. The van der Waals surface area contributed by atoms with Crippen LogP contribution in [0, 0.1) is 11.8 Å². The monoisotopic (exact) mass is 318 g/mol. The van der Waals surface area contributed by atoms with Crippen molar-refractivity contribution in [2.45, 2.75) is 46.0 Å². The fraction of sp³-hybridized carbons (Fsp3) is 0.632. The van der Waals surface area contributed by atoms with Gasteiger partial charge in [-0.1, -0.05) is 26.3 Å². The zero-order chi connectivity index (χ0) is 16.5. The van der Waals surface area contributed by atoms with Crippen molar-refractivity contribution in [3.05, 3.63) is 24.3 Å². The summed E-state index contributed by atoms with van der Waals surface area (Å²) in [4.78, 5) is 12.3. The Morgan fingerprint density at radius 1 is 1.39 bits per heavy atom. The molecule has 1 unspecified atom stereocenters. The predicted molar refractivity (Wildman–Crippen MR) is 94.8 cm³/mol. The lowest BCUT2D eigenvalue weighted by molar-refractivity contribution is -0.117. The van der Waals surface area contributed by atoms with E-state index in [0.29, 0.717) is 18.3 Å². The number of anilines is 1. The maximum atomic E-state index is 12.3. The Labute approximate surface area is 140 Å². The molecule has 0 saturated carbocycles. The molecule has 128 valence electrons. The molecule has 2 rings (SSSR count). The van der Waals surface area contributed by atoms with E-state index in [4.69, 9.17) is 4.74 Å². The molecule has 0 aliphatic carbocycles. The minimum atomic E-state index is 0.0988. The van der Waals surface area contributed by atoms with Gasteiger partial charge >= 0.3 is 0 Å². The van der Waals surface area contributed by atoms with E-state index in [1.807, 2.05) is 24.3 Å². The SMILES string of the molecule is CCCCOc1cccc(NC(=O)CC(C)C2CCNCC2)c1. The smallest absolute Gasteiger partial charge is 0.224 e. The summed E-state index contributed by atoms with van der Waals surface area (Å²) in [6.45, 7) is 7.21. The summed E-state index contributed by atoms with van der Waals surface area (Å²) in [5.74, 6) is 2.01.